The molecule has 0 N–H and O–H groups in total. The number of aromatic nitrogens is 4. The first-order valence-electron chi connectivity index (χ1n) is 9.62. The number of rotatable bonds is 4. The van der Waals surface area contributed by atoms with Crippen LogP contribution in [0, 0.1) is 19.3 Å². The summed E-state index contributed by atoms with van der Waals surface area (Å²) in [4.78, 5) is 4.20. The van der Waals surface area contributed by atoms with Crippen molar-refractivity contribution in [2.24, 2.45) is 5.41 Å². The fraction of sp³-hybridized carbons (Fsp3) is 0.435. The molecule has 0 bridgehead atoms. The molecule has 0 amide bonds. The second-order valence-corrected chi connectivity index (χ2v) is 9.23. The molecule has 1 aromatic carbocycles. The Morgan fingerprint density at radius 1 is 1.04 bits per heavy atom. The highest BCUT2D eigenvalue weighted by atomic mass is 19.1. The van der Waals surface area contributed by atoms with Crippen molar-refractivity contribution in [3.8, 4) is 17.1 Å². The maximum absolute atomic E-state index is 14.8. The van der Waals surface area contributed by atoms with Crippen molar-refractivity contribution in [2.45, 2.75) is 60.6 Å². The van der Waals surface area contributed by atoms with Crippen molar-refractivity contribution in [1.29, 1.82) is 0 Å². The molecule has 0 radical (unpaired) electrons. The van der Waals surface area contributed by atoms with Gasteiger partial charge < -0.3 is 0 Å². The topological polar surface area (TPSA) is 43.6 Å². The van der Waals surface area contributed by atoms with Crippen LogP contribution < -0.4 is 0 Å². The Morgan fingerprint density at radius 3 is 2.25 bits per heavy atom. The van der Waals surface area contributed by atoms with Crippen LogP contribution in [-0.4, -0.2) is 19.7 Å². The molecular formula is C23H29FN4. The highest BCUT2D eigenvalue weighted by molar-refractivity contribution is 5.64. The van der Waals surface area contributed by atoms with E-state index >= 15 is 0 Å². The van der Waals surface area contributed by atoms with E-state index in [0.29, 0.717) is 17.0 Å². The number of alkyl halides is 1. The second-order valence-electron chi connectivity index (χ2n) is 9.23. The summed E-state index contributed by atoms with van der Waals surface area (Å²) in [5.74, 6) is 0.601. The summed E-state index contributed by atoms with van der Waals surface area (Å²) in [5.41, 5.74) is 4.56. The SMILES string of the molecule is Cc1cc(CC(C)(C)C)cc(C)c1-n1cnnc1-c1cnccc1C(C)(C)F. The molecular weight excluding hydrogens is 351 g/mol. The van der Waals surface area contributed by atoms with Gasteiger partial charge in [-0.2, -0.15) is 0 Å². The van der Waals surface area contributed by atoms with Gasteiger partial charge in [0.15, 0.2) is 5.82 Å². The summed E-state index contributed by atoms with van der Waals surface area (Å²) in [6.45, 7) is 14.0. The van der Waals surface area contributed by atoms with Crippen molar-refractivity contribution < 1.29 is 4.39 Å². The molecule has 2 heterocycles. The number of benzene rings is 1. The van der Waals surface area contributed by atoms with E-state index in [1.54, 1.807) is 38.6 Å². The van der Waals surface area contributed by atoms with Crippen LogP contribution >= 0.6 is 0 Å². The Balaban J connectivity index is 2.14. The fourth-order valence-electron chi connectivity index (χ4n) is 3.81. The fourth-order valence-corrected chi connectivity index (χ4v) is 3.81. The molecule has 0 aliphatic carbocycles. The number of nitrogens with zero attached hydrogens (tertiary/aromatic N) is 4. The van der Waals surface area contributed by atoms with Crippen molar-refractivity contribution >= 4 is 0 Å². The van der Waals surface area contributed by atoms with Gasteiger partial charge in [-0.1, -0.05) is 32.9 Å². The predicted octanol–water partition coefficient (Wildman–Crippen LogP) is 5.74. The number of aryl methyl sites for hydroxylation is 2. The van der Waals surface area contributed by atoms with Crippen LogP contribution in [0.4, 0.5) is 4.39 Å². The predicted molar refractivity (Wildman–Crippen MR) is 111 cm³/mol. The van der Waals surface area contributed by atoms with E-state index in [0.717, 1.165) is 23.2 Å². The lowest BCUT2D eigenvalue weighted by atomic mass is 9.87. The second kappa shape index (κ2) is 7.12. The monoisotopic (exact) mass is 380 g/mol. The third kappa shape index (κ3) is 4.13. The third-order valence-electron chi connectivity index (χ3n) is 4.78. The van der Waals surface area contributed by atoms with Crippen LogP contribution in [0.15, 0.2) is 36.9 Å². The smallest absolute Gasteiger partial charge is 0.170 e. The van der Waals surface area contributed by atoms with Gasteiger partial charge in [-0.15, -0.1) is 10.2 Å². The van der Waals surface area contributed by atoms with Gasteiger partial charge in [0.1, 0.15) is 12.0 Å². The minimum atomic E-state index is -1.50. The first-order valence-corrected chi connectivity index (χ1v) is 9.62. The Labute approximate surface area is 166 Å². The van der Waals surface area contributed by atoms with E-state index < -0.39 is 5.67 Å². The Morgan fingerprint density at radius 2 is 1.68 bits per heavy atom. The molecule has 0 unspecified atom stereocenters. The molecule has 0 fully saturated rings. The molecule has 28 heavy (non-hydrogen) atoms. The van der Waals surface area contributed by atoms with Crippen molar-refractivity contribution in [2.75, 3.05) is 0 Å². The average molecular weight is 381 g/mol. The molecule has 2 aromatic heterocycles. The van der Waals surface area contributed by atoms with E-state index in [9.17, 15) is 4.39 Å². The van der Waals surface area contributed by atoms with Gasteiger partial charge in [-0.3, -0.25) is 9.55 Å². The molecule has 4 nitrogen and oxygen atoms in total. The van der Waals surface area contributed by atoms with Gasteiger partial charge in [0.2, 0.25) is 0 Å². The van der Waals surface area contributed by atoms with Crippen LogP contribution in [0.5, 0.6) is 0 Å². The maximum atomic E-state index is 14.8. The first kappa shape index (κ1) is 20.2. The van der Waals surface area contributed by atoms with Gasteiger partial charge in [-0.05, 0) is 62.3 Å². The van der Waals surface area contributed by atoms with E-state index in [4.69, 9.17) is 0 Å². The van der Waals surface area contributed by atoms with Crippen LogP contribution in [0.3, 0.4) is 0 Å². The summed E-state index contributed by atoms with van der Waals surface area (Å²) in [5, 5.41) is 8.43. The summed E-state index contributed by atoms with van der Waals surface area (Å²) in [6, 6.07) is 6.15. The van der Waals surface area contributed by atoms with Gasteiger partial charge in [0.25, 0.3) is 0 Å². The quantitative estimate of drug-likeness (QED) is 0.580. The lowest BCUT2D eigenvalue weighted by molar-refractivity contribution is 0.222. The van der Waals surface area contributed by atoms with Crippen LogP contribution in [0.2, 0.25) is 0 Å². The summed E-state index contributed by atoms with van der Waals surface area (Å²) >= 11 is 0. The molecule has 0 atom stereocenters. The van der Waals surface area contributed by atoms with E-state index in [-0.39, 0.29) is 5.41 Å². The van der Waals surface area contributed by atoms with Gasteiger partial charge in [0.05, 0.1) is 5.69 Å². The third-order valence-corrected chi connectivity index (χ3v) is 4.78. The van der Waals surface area contributed by atoms with Crippen LogP contribution in [-0.2, 0) is 12.1 Å². The lowest BCUT2D eigenvalue weighted by Crippen LogP contribution is -2.13. The molecule has 0 spiro atoms. The van der Waals surface area contributed by atoms with Crippen molar-refractivity contribution in [3.05, 3.63) is 59.2 Å². The van der Waals surface area contributed by atoms with E-state index in [1.165, 1.54) is 5.56 Å². The Hall–Kier alpha value is -2.56. The highest BCUT2D eigenvalue weighted by Gasteiger charge is 2.26. The van der Waals surface area contributed by atoms with E-state index in [2.05, 4.69) is 61.9 Å². The average Bonchev–Trinajstić information content (AvgIpc) is 3.01. The molecule has 5 heteroatoms. The molecule has 148 valence electrons. The first-order chi connectivity index (χ1) is 13.0. The number of hydrogen-bond donors (Lipinski definition) is 0. The number of hydrogen-bond acceptors (Lipinski definition) is 3. The Bertz CT molecular complexity index is 967. The molecule has 0 saturated carbocycles. The largest absolute Gasteiger partial charge is 0.281 e. The van der Waals surface area contributed by atoms with Gasteiger partial charge in [0, 0.05) is 23.5 Å². The summed E-state index contributed by atoms with van der Waals surface area (Å²) < 4.78 is 16.7. The lowest BCUT2D eigenvalue weighted by Gasteiger charge is -2.22. The minimum absolute atomic E-state index is 0.222. The molecule has 0 saturated heterocycles. The zero-order valence-corrected chi connectivity index (χ0v) is 17.8. The van der Waals surface area contributed by atoms with Crippen molar-refractivity contribution in [1.82, 2.24) is 19.7 Å². The zero-order valence-electron chi connectivity index (χ0n) is 17.8. The molecule has 3 aromatic rings. The molecule has 0 aliphatic rings. The standard InChI is InChI=1S/C23H29FN4/c1-15-10-17(12-22(3,4)5)11-16(2)20(15)28-14-26-27-21(28)18-13-25-9-8-19(18)23(6,7)24/h8-11,13-14H,12H2,1-7H3. The van der Waals surface area contributed by atoms with Crippen LogP contribution in [0.1, 0.15) is 56.9 Å². The van der Waals surface area contributed by atoms with Crippen molar-refractivity contribution in [3.63, 3.8) is 0 Å². The molecule has 3 rings (SSSR count). The minimum Gasteiger partial charge on any atom is -0.281 e. The highest BCUT2D eigenvalue weighted by Crippen LogP contribution is 2.35. The summed E-state index contributed by atoms with van der Waals surface area (Å²) in [7, 11) is 0. The van der Waals surface area contributed by atoms with Gasteiger partial charge >= 0.3 is 0 Å². The maximum Gasteiger partial charge on any atom is 0.170 e. The number of halogens is 1. The van der Waals surface area contributed by atoms with E-state index in [1.807, 2.05) is 4.57 Å². The molecule has 0 aliphatic heterocycles. The Kier molecular flexibility index (Phi) is 5.13. The summed E-state index contributed by atoms with van der Waals surface area (Å²) in [6.07, 6.45) is 5.97. The van der Waals surface area contributed by atoms with Gasteiger partial charge in [-0.25, -0.2) is 4.39 Å². The van der Waals surface area contributed by atoms with Crippen LogP contribution in [0.25, 0.3) is 17.1 Å². The zero-order chi connectivity index (χ0) is 20.7. The normalized spacial score (nSPS) is 12.4. The number of pyridine rings is 1.